The van der Waals surface area contributed by atoms with Gasteiger partial charge in [0.2, 0.25) is 5.91 Å². The molecule has 1 aromatic heterocycles. The van der Waals surface area contributed by atoms with Crippen LogP contribution in [0.2, 0.25) is 5.02 Å². The molecule has 0 spiro atoms. The van der Waals surface area contributed by atoms with Crippen LogP contribution in [0.4, 0.5) is 5.69 Å². The van der Waals surface area contributed by atoms with E-state index in [4.69, 9.17) is 16.3 Å². The van der Waals surface area contributed by atoms with E-state index >= 15 is 0 Å². The van der Waals surface area contributed by atoms with E-state index in [-0.39, 0.29) is 23.7 Å². The van der Waals surface area contributed by atoms with Crippen molar-refractivity contribution in [2.24, 2.45) is 7.05 Å². The Morgan fingerprint density at radius 1 is 1.18 bits per heavy atom. The Hall–Kier alpha value is -2.88. The van der Waals surface area contributed by atoms with Gasteiger partial charge in [0, 0.05) is 31.5 Å². The summed E-state index contributed by atoms with van der Waals surface area (Å²) >= 11 is 7.42. The van der Waals surface area contributed by atoms with E-state index in [2.05, 4.69) is 20.8 Å². The molecule has 0 radical (unpaired) electrons. The zero-order chi connectivity index (χ0) is 23.2. The molecular weight excluding hydrogens is 462 g/mol. The van der Waals surface area contributed by atoms with E-state index in [9.17, 15) is 9.59 Å². The van der Waals surface area contributed by atoms with Gasteiger partial charge < -0.3 is 19.9 Å². The second-order valence-corrected chi connectivity index (χ2v) is 8.95. The number of thioether (sulfide) groups is 1. The summed E-state index contributed by atoms with van der Waals surface area (Å²) in [5, 5.41) is 15.3. The Labute approximate surface area is 201 Å². The van der Waals surface area contributed by atoms with Crippen molar-refractivity contribution in [3.63, 3.8) is 0 Å². The third kappa shape index (κ3) is 5.93. The minimum Gasteiger partial charge on any atom is -0.376 e. The van der Waals surface area contributed by atoms with Gasteiger partial charge in [0.05, 0.1) is 22.4 Å². The van der Waals surface area contributed by atoms with Gasteiger partial charge in [0.25, 0.3) is 5.91 Å². The molecule has 0 saturated carbocycles. The smallest absolute Gasteiger partial charge is 0.257 e. The van der Waals surface area contributed by atoms with E-state index in [0.717, 1.165) is 25.0 Å². The first-order chi connectivity index (χ1) is 16.0. The number of rotatable bonds is 8. The summed E-state index contributed by atoms with van der Waals surface area (Å²) in [6, 6.07) is 14.2. The first-order valence-electron chi connectivity index (χ1n) is 10.6. The van der Waals surface area contributed by atoms with Crippen LogP contribution in [0.15, 0.2) is 53.7 Å². The molecule has 2 N–H and O–H groups in total. The van der Waals surface area contributed by atoms with Gasteiger partial charge in [-0.25, -0.2) is 0 Å². The number of hydrogen-bond acceptors (Lipinski definition) is 6. The zero-order valence-electron chi connectivity index (χ0n) is 18.1. The minimum atomic E-state index is -0.275. The lowest BCUT2D eigenvalue weighted by molar-refractivity contribution is -0.119. The molecular formula is C23H24ClN5O3S. The fraction of sp³-hybridized carbons (Fsp3) is 0.304. The molecule has 10 heteroatoms. The van der Waals surface area contributed by atoms with Crippen LogP contribution in [0.25, 0.3) is 11.4 Å². The van der Waals surface area contributed by atoms with Crippen molar-refractivity contribution in [3.8, 4) is 11.4 Å². The summed E-state index contributed by atoms with van der Waals surface area (Å²) < 4.78 is 7.36. The largest absolute Gasteiger partial charge is 0.376 e. The highest BCUT2D eigenvalue weighted by molar-refractivity contribution is 7.99. The Morgan fingerprint density at radius 3 is 2.70 bits per heavy atom. The lowest BCUT2D eigenvalue weighted by atomic mass is 10.1. The van der Waals surface area contributed by atoms with Crippen LogP contribution >= 0.6 is 23.4 Å². The van der Waals surface area contributed by atoms with Crippen molar-refractivity contribution in [2.75, 3.05) is 24.2 Å². The second-order valence-electron chi connectivity index (χ2n) is 7.60. The van der Waals surface area contributed by atoms with Crippen molar-refractivity contribution in [1.82, 2.24) is 20.1 Å². The van der Waals surface area contributed by atoms with Gasteiger partial charge in [-0.15, -0.1) is 10.2 Å². The SMILES string of the molecule is Cn1c(SCC(=O)NC[C@H]2CCCO2)nnc1-c1ccc(NC(=O)c2ccccc2Cl)cc1. The number of hydrogen-bond donors (Lipinski definition) is 2. The highest BCUT2D eigenvalue weighted by atomic mass is 35.5. The number of ether oxygens (including phenoxy) is 1. The molecule has 1 aliphatic rings. The summed E-state index contributed by atoms with van der Waals surface area (Å²) in [6.07, 6.45) is 2.16. The summed E-state index contributed by atoms with van der Waals surface area (Å²) in [6.45, 7) is 1.31. The Kier molecular flexibility index (Phi) is 7.64. The molecule has 1 fully saturated rings. The molecule has 2 aromatic carbocycles. The van der Waals surface area contributed by atoms with Crippen molar-refractivity contribution in [3.05, 3.63) is 59.1 Å². The molecule has 2 heterocycles. The Morgan fingerprint density at radius 2 is 1.97 bits per heavy atom. The van der Waals surface area contributed by atoms with Crippen molar-refractivity contribution >= 4 is 40.9 Å². The van der Waals surface area contributed by atoms with Crippen LogP contribution in [0.1, 0.15) is 23.2 Å². The summed E-state index contributed by atoms with van der Waals surface area (Å²) in [7, 11) is 1.86. The molecule has 4 rings (SSSR count). The van der Waals surface area contributed by atoms with Crippen LogP contribution in [-0.4, -0.2) is 51.6 Å². The molecule has 33 heavy (non-hydrogen) atoms. The number of carbonyl (C=O) groups is 2. The standard InChI is InChI=1S/C23H24ClN5O3S/c1-29-21(27-28-23(29)33-14-20(30)25-13-17-5-4-12-32-17)15-8-10-16(11-9-15)26-22(31)18-6-2-3-7-19(18)24/h2-3,6-11,17H,4-5,12-14H2,1H3,(H,25,30)(H,26,31)/t17-/m1/s1. The normalized spacial score (nSPS) is 15.4. The maximum absolute atomic E-state index is 12.4. The average Bonchev–Trinajstić information content (AvgIpc) is 3.47. The second kappa shape index (κ2) is 10.8. The summed E-state index contributed by atoms with van der Waals surface area (Å²) in [4.78, 5) is 24.6. The van der Waals surface area contributed by atoms with Crippen molar-refractivity contribution < 1.29 is 14.3 Å². The molecule has 1 aliphatic heterocycles. The van der Waals surface area contributed by atoms with Gasteiger partial charge in [-0.3, -0.25) is 9.59 Å². The number of nitrogens with one attached hydrogen (secondary N) is 2. The highest BCUT2D eigenvalue weighted by Gasteiger charge is 2.17. The first kappa shape index (κ1) is 23.3. The van der Waals surface area contributed by atoms with Crippen LogP contribution in [-0.2, 0) is 16.6 Å². The third-order valence-electron chi connectivity index (χ3n) is 5.24. The molecule has 0 bridgehead atoms. The number of carbonyl (C=O) groups excluding carboxylic acids is 2. The fourth-order valence-electron chi connectivity index (χ4n) is 3.45. The molecule has 0 aliphatic carbocycles. The van der Waals surface area contributed by atoms with E-state index in [0.29, 0.717) is 33.8 Å². The molecule has 8 nitrogen and oxygen atoms in total. The van der Waals surface area contributed by atoms with E-state index in [1.54, 1.807) is 36.4 Å². The Balaban J connectivity index is 1.33. The predicted molar refractivity (Wildman–Crippen MR) is 129 cm³/mol. The topological polar surface area (TPSA) is 98.1 Å². The lowest BCUT2D eigenvalue weighted by Crippen LogP contribution is -2.32. The van der Waals surface area contributed by atoms with E-state index < -0.39 is 0 Å². The molecule has 2 amide bonds. The maximum atomic E-state index is 12.4. The van der Waals surface area contributed by atoms with E-state index in [1.165, 1.54) is 11.8 Å². The highest BCUT2D eigenvalue weighted by Crippen LogP contribution is 2.24. The van der Waals surface area contributed by atoms with Crippen molar-refractivity contribution in [1.29, 1.82) is 0 Å². The van der Waals surface area contributed by atoms with Gasteiger partial charge in [0.15, 0.2) is 11.0 Å². The van der Waals surface area contributed by atoms with Crippen molar-refractivity contribution in [2.45, 2.75) is 24.1 Å². The average molecular weight is 486 g/mol. The van der Waals surface area contributed by atoms with Gasteiger partial charge in [-0.1, -0.05) is 35.5 Å². The van der Waals surface area contributed by atoms with E-state index in [1.807, 2.05) is 23.7 Å². The third-order valence-corrected chi connectivity index (χ3v) is 6.59. The number of nitrogens with zero attached hydrogens (tertiary/aromatic N) is 3. The summed E-state index contributed by atoms with van der Waals surface area (Å²) in [5.74, 6) is 0.592. The first-order valence-corrected chi connectivity index (χ1v) is 11.9. The predicted octanol–water partition coefficient (Wildman–Crippen LogP) is 3.78. The van der Waals surface area contributed by atoms with Gasteiger partial charge in [0.1, 0.15) is 0 Å². The zero-order valence-corrected chi connectivity index (χ0v) is 19.7. The van der Waals surface area contributed by atoms with Gasteiger partial charge in [-0.2, -0.15) is 0 Å². The minimum absolute atomic E-state index is 0.0568. The summed E-state index contributed by atoms with van der Waals surface area (Å²) in [5.41, 5.74) is 1.90. The quantitative estimate of drug-likeness (QED) is 0.471. The van der Waals surface area contributed by atoms with Crippen LogP contribution in [0, 0.1) is 0 Å². The molecule has 1 atom stereocenters. The van der Waals surface area contributed by atoms with Gasteiger partial charge >= 0.3 is 0 Å². The number of amides is 2. The number of anilines is 1. The molecule has 172 valence electrons. The Bertz CT molecular complexity index is 1130. The number of benzene rings is 2. The fourth-order valence-corrected chi connectivity index (χ4v) is 4.41. The lowest BCUT2D eigenvalue weighted by Gasteiger charge is -2.10. The molecule has 0 unspecified atom stereocenters. The molecule has 1 saturated heterocycles. The van der Waals surface area contributed by atoms with Crippen LogP contribution in [0.5, 0.6) is 0 Å². The monoisotopic (exact) mass is 485 g/mol. The number of aromatic nitrogens is 3. The van der Waals surface area contributed by atoms with Crippen LogP contribution < -0.4 is 10.6 Å². The number of halogens is 1. The van der Waals surface area contributed by atoms with Crippen LogP contribution in [0.3, 0.4) is 0 Å². The maximum Gasteiger partial charge on any atom is 0.257 e. The van der Waals surface area contributed by atoms with Gasteiger partial charge in [-0.05, 0) is 49.2 Å². The molecule has 3 aromatic rings.